The Morgan fingerprint density at radius 1 is 1.64 bits per heavy atom. The molecule has 0 amide bonds. The van der Waals surface area contributed by atoms with Crippen molar-refractivity contribution in [3.8, 4) is 6.07 Å². The van der Waals surface area contributed by atoms with Gasteiger partial charge in [0.25, 0.3) is 0 Å². The predicted molar refractivity (Wildman–Crippen MR) is 57.9 cm³/mol. The molecule has 1 fully saturated rings. The van der Waals surface area contributed by atoms with E-state index in [1.54, 1.807) is 0 Å². The molecule has 3 heteroatoms. The molecule has 1 heterocycles. The van der Waals surface area contributed by atoms with Gasteiger partial charge in [-0.05, 0) is 52.9 Å². The minimum absolute atomic E-state index is 0.0501. The lowest BCUT2D eigenvalue weighted by atomic mass is 10.0. The Labute approximate surface area is 87.3 Å². The topological polar surface area (TPSA) is 30.3 Å². The van der Waals surface area contributed by atoms with Gasteiger partial charge in [0.05, 0.1) is 12.1 Å². The molecule has 2 unspecified atom stereocenters. The fourth-order valence-corrected chi connectivity index (χ4v) is 1.94. The Bertz CT molecular complexity index is 209. The standard InChI is InChI=1S/C11H21N3/c1-10(8-12)14(3)7-5-11-4-6-13(2)9-11/h10-11H,4-7,9H2,1-3H3. The highest BCUT2D eigenvalue weighted by Gasteiger charge is 2.20. The first-order valence-electron chi connectivity index (χ1n) is 5.42. The monoisotopic (exact) mass is 195 g/mol. The lowest BCUT2D eigenvalue weighted by Crippen LogP contribution is -2.30. The summed E-state index contributed by atoms with van der Waals surface area (Å²) in [5.41, 5.74) is 0. The van der Waals surface area contributed by atoms with E-state index in [-0.39, 0.29) is 6.04 Å². The Hall–Kier alpha value is -0.590. The van der Waals surface area contributed by atoms with Gasteiger partial charge in [-0.1, -0.05) is 0 Å². The Morgan fingerprint density at radius 2 is 2.36 bits per heavy atom. The lowest BCUT2D eigenvalue weighted by molar-refractivity contribution is 0.273. The molecule has 0 radical (unpaired) electrons. The van der Waals surface area contributed by atoms with E-state index in [1.165, 1.54) is 25.9 Å². The zero-order valence-electron chi connectivity index (χ0n) is 9.53. The van der Waals surface area contributed by atoms with Gasteiger partial charge in [0, 0.05) is 6.54 Å². The highest BCUT2D eigenvalue weighted by molar-refractivity contribution is 4.86. The van der Waals surface area contributed by atoms with Crippen molar-refractivity contribution in [2.75, 3.05) is 33.7 Å². The van der Waals surface area contributed by atoms with Crippen LogP contribution in [0.1, 0.15) is 19.8 Å². The van der Waals surface area contributed by atoms with E-state index < -0.39 is 0 Å². The molecule has 1 aliphatic rings. The Kier molecular flexibility index (Phi) is 4.37. The summed E-state index contributed by atoms with van der Waals surface area (Å²) in [4.78, 5) is 4.52. The van der Waals surface area contributed by atoms with Crippen molar-refractivity contribution >= 4 is 0 Å². The minimum Gasteiger partial charge on any atom is -0.306 e. The number of hydrogen-bond acceptors (Lipinski definition) is 3. The van der Waals surface area contributed by atoms with Gasteiger partial charge in [-0.3, -0.25) is 4.90 Å². The van der Waals surface area contributed by atoms with Crippen molar-refractivity contribution in [3.05, 3.63) is 0 Å². The third kappa shape index (κ3) is 3.28. The molecule has 14 heavy (non-hydrogen) atoms. The van der Waals surface area contributed by atoms with Crippen LogP contribution in [0.4, 0.5) is 0 Å². The van der Waals surface area contributed by atoms with Crippen LogP contribution in [0.15, 0.2) is 0 Å². The molecule has 1 rings (SSSR count). The summed E-state index contributed by atoms with van der Waals surface area (Å²) >= 11 is 0. The molecule has 0 N–H and O–H groups in total. The first-order valence-corrected chi connectivity index (χ1v) is 5.42. The second kappa shape index (κ2) is 5.33. The van der Waals surface area contributed by atoms with Crippen LogP contribution in [0.5, 0.6) is 0 Å². The molecular formula is C11H21N3. The van der Waals surface area contributed by atoms with Crippen molar-refractivity contribution in [2.24, 2.45) is 5.92 Å². The van der Waals surface area contributed by atoms with Crippen LogP contribution in [-0.4, -0.2) is 49.6 Å². The zero-order chi connectivity index (χ0) is 10.6. The Balaban J connectivity index is 2.18. The van der Waals surface area contributed by atoms with Gasteiger partial charge in [0.2, 0.25) is 0 Å². The number of hydrogen-bond donors (Lipinski definition) is 0. The maximum atomic E-state index is 8.74. The van der Waals surface area contributed by atoms with Crippen molar-refractivity contribution in [1.82, 2.24) is 9.80 Å². The molecule has 0 saturated carbocycles. The summed E-state index contributed by atoms with van der Waals surface area (Å²) in [6.07, 6.45) is 2.55. The van der Waals surface area contributed by atoms with Crippen LogP contribution in [-0.2, 0) is 0 Å². The minimum atomic E-state index is 0.0501. The van der Waals surface area contributed by atoms with Crippen LogP contribution in [0.2, 0.25) is 0 Å². The van der Waals surface area contributed by atoms with E-state index >= 15 is 0 Å². The van der Waals surface area contributed by atoms with Gasteiger partial charge in [-0.2, -0.15) is 5.26 Å². The first kappa shape index (κ1) is 11.5. The fraction of sp³-hybridized carbons (Fsp3) is 0.909. The van der Waals surface area contributed by atoms with E-state index in [1.807, 2.05) is 14.0 Å². The fourth-order valence-electron chi connectivity index (χ4n) is 1.94. The van der Waals surface area contributed by atoms with Crippen LogP contribution in [0.25, 0.3) is 0 Å². The average Bonchev–Trinajstić information content (AvgIpc) is 2.59. The van der Waals surface area contributed by atoms with Gasteiger partial charge < -0.3 is 4.90 Å². The number of likely N-dealkylation sites (tertiary alicyclic amines) is 1. The normalized spacial score (nSPS) is 25.2. The van der Waals surface area contributed by atoms with E-state index in [9.17, 15) is 0 Å². The smallest absolute Gasteiger partial charge is 0.0946 e. The number of rotatable bonds is 4. The molecule has 80 valence electrons. The van der Waals surface area contributed by atoms with E-state index in [0.717, 1.165) is 12.5 Å². The molecule has 0 aliphatic carbocycles. The predicted octanol–water partition coefficient (Wildman–Crippen LogP) is 1.17. The average molecular weight is 195 g/mol. The van der Waals surface area contributed by atoms with Gasteiger partial charge in [-0.15, -0.1) is 0 Å². The van der Waals surface area contributed by atoms with Crippen LogP contribution in [0, 0.1) is 17.2 Å². The first-order chi connectivity index (χ1) is 6.63. The van der Waals surface area contributed by atoms with Crippen LogP contribution < -0.4 is 0 Å². The van der Waals surface area contributed by atoms with Crippen LogP contribution in [0.3, 0.4) is 0 Å². The van der Waals surface area contributed by atoms with Gasteiger partial charge >= 0.3 is 0 Å². The molecule has 2 atom stereocenters. The number of nitriles is 1. The third-order valence-electron chi connectivity index (χ3n) is 3.23. The molecule has 3 nitrogen and oxygen atoms in total. The van der Waals surface area contributed by atoms with Crippen molar-refractivity contribution < 1.29 is 0 Å². The summed E-state index contributed by atoms with van der Waals surface area (Å²) in [6.45, 7) is 5.48. The molecule has 0 aromatic carbocycles. The highest BCUT2D eigenvalue weighted by Crippen LogP contribution is 2.18. The second-order valence-electron chi connectivity index (χ2n) is 4.49. The van der Waals surface area contributed by atoms with E-state index in [2.05, 4.69) is 22.9 Å². The largest absolute Gasteiger partial charge is 0.306 e. The second-order valence-corrected chi connectivity index (χ2v) is 4.49. The quantitative estimate of drug-likeness (QED) is 0.674. The summed E-state index contributed by atoms with van der Waals surface area (Å²) in [6, 6.07) is 2.31. The maximum absolute atomic E-state index is 8.74. The van der Waals surface area contributed by atoms with Gasteiger partial charge in [0.1, 0.15) is 0 Å². The summed E-state index contributed by atoms with van der Waals surface area (Å²) in [7, 11) is 4.22. The maximum Gasteiger partial charge on any atom is 0.0946 e. The van der Waals surface area contributed by atoms with E-state index in [4.69, 9.17) is 5.26 Å². The van der Waals surface area contributed by atoms with E-state index in [0.29, 0.717) is 0 Å². The lowest BCUT2D eigenvalue weighted by Gasteiger charge is -2.20. The summed E-state index contributed by atoms with van der Waals surface area (Å²) in [5, 5.41) is 8.74. The molecule has 1 aliphatic heterocycles. The molecule has 0 spiro atoms. The van der Waals surface area contributed by atoms with Gasteiger partial charge in [-0.25, -0.2) is 0 Å². The Morgan fingerprint density at radius 3 is 2.86 bits per heavy atom. The highest BCUT2D eigenvalue weighted by atomic mass is 15.1. The molecule has 0 aromatic rings. The molecule has 1 saturated heterocycles. The third-order valence-corrected chi connectivity index (χ3v) is 3.23. The summed E-state index contributed by atoms with van der Waals surface area (Å²) < 4.78 is 0. The molecular weight excluding hydrogens is 174 g/mol. The van der Waals surface area contributed by atoms with Crippen molar-refractivity contribution in [1.29, 1.82) is 5.26 Å². The van der Waals surface area contributed by atoms with Crippen molar-refractivity contribution in [2.45, 2.75) is 25.8 Å². The van der Waals surface area contributed by atoms with Crippen molar-refractivity contribution in [3.63, 3.8) is 0 Å². The molecule has 0 bridgehead atoms. The van der Waals surface area contributed by atoms with Gasteiger partial charge in [0.15, 0.2) is 0 Å². The van der Waals surface area contributed by atoms with Crippen LogP contribution >= 0.6 is 0 Å². The molecule has 0 aromatic heterocycles. The zero-order valence-corrected chi connectivity index (χ0v) is 9.53. The number of nitrogens with zero attached hydrogens (tertiary/aromatic N) is 3. The SMILES string of the molecule is CC(C#N)N(C)CCC1CCN(C)C1. The summed E-state index contributed by atoms with van der Waals surface area (Å²) in [5.74, 6) is 0.841.